The number of pyridine rings is 1. The van der Waals surface area contributed by atoms with Crippen LogP contribution in [0.5, 0.6) is 0 Å². The molecule has 144 valence electrons. The zero-order valence-corrected chi connectivity index (χ0v) is 15.7. The molecule has 1 N–H and O–H groups in total. The molecule has 1 aromatic carbocycles. The molecular formula is C19H22FN3O3S. The lowest BCUT2D eigenvalue weighted by molar-refractivity contribution is -0.126. The molecule has 1 unspecified atom stereocenters. The number of sulfonamides is 1. The zero-order valence-electron chi connectivity index (χ0n) is 14.8. The number of amides is 1. The van der Waals surface area contributed by atoms with Crippen LogP contribution in [0.3, 0.4) is 0 Å². The fraction of sp³-hybridized carbons (Fsp3) is 0.368. The van der Waals surface area contributed by atoms with Gasteiger partial charge in [0.25, 0.3) is 0 Å². The minimum atomic E-state index is -3.73. The maximum Gasteiger partial charge on any atom is 0.243 e. The molecule has 1 saturated heterocycles. The highest BCUT2D eigenvalue weighted by Crippen LogP contribution is 2.24. The molecule has 0 spiro atoms. The Hall–Kier alpha value is -2.32. The molecule has 3 rings (SSSR count). The van der Waals surface area contributed by atoms with Crippen LogP contribution in [0.4, 0.5) is 4.39 Å². The van der Waals surface area contributed by atoms with Gasteiger partial charge in [-0.25, -0.2) is 12.8 Å². The van der Waals surface area contributed by atoms with Crippen molar-refractivity contribution in [3.05, 3.63) is 60.2 Å². The molecule has 1 fully saturated rings. The molecule has 1 amide bonds. The van der Waals surface area contributed by atoms with E-state index in [4.69, 9.17) is 0 Å². The van der Waals surface area contributed by atoms with Crippen LogP contribution in [0.1, 0.15) is 18.5 Å². The number of nitrogens with zero attached hydrogens (tertiary/aromatic N) is 2. The van der Waals surface area contributed by atoms with E-state index in [1.807, 2.05) is 18.2 Å². The van der Waals surface area contributed by atoms with Crippen LogP contribution in [0.15, 0.2) is 53.6 Å². The third-order valence-corrected chi connectivity index (χ3v) is 6.49. The average molecular weight is 391 g/mol. The maximum absolute atomic E-state index is 13.1. The summed E-state index contributed by atoms with van der Waals surface area (Å²) in [5.41, 5.74) is 0.891. The summed E-state index contributed by atoms with van der Waals surface area (Å²) in [6, 6.07) is 10.4. The van der Waals surface area contributed by atoms with E-state index < -0.39 is 21.8 Å². The van der Waals surface area contributed by atoms with Gasteiger partial charge in [-0.1, -0.05) is 6.07 Å². The number of carbonyl (C=O) groups excluding carboxylic acids is 1. The van der Waals surface area contributed by atoms with Crippen LogP contribution in [0.2, 0.25) is 0 Å². The van der Waals surface area contributed by atoms with E-state index >= 15 is 0 Å². The number of halogens is 1. The molecule has 0 aliphatic carbocycles. The highest BCUT2D eigenvalue weighted by atomic mass is 32.2. The fourth-order valence-corrected chi connectivity index (χ4v) is 4.66. The number of carbonyl (C=O) groups is 1. The van der Waals surface area contributed by atoms with Crippen molar-refractivity contribution in [2.75, 3.05) is 19.6 Å². The lowest BCUT2D eigenvalue weighted by Crippen LogP contribution is -2.45. The number of rotatable bonds is 6. The lowest BCUT2D eigenvalue weighted by atomic mass is 9.99. The third kappa shape index (κ3) is 4.90. The van der Waals surface area contributed by atoms with Crippen molar-refractivity contribution >= 4 is 15.9 Å². The Labute approximate surface area is 158 Å². The second-order valence-electron chi connectivity index (χ2n) is 6.52. The van der Waals surface area contributed by atoms with E-state index in [0.717, 1.165) is 17.8 Å². The largest absolute Gasteiger partial charge is 0.355 e. The number of hydrogen-bond acceptors (Lipinski definition) is 4. The molecule has 0 bridgehead atoms. The van der Waals surface area contributed by atoms with Crippen LogP contribution in [-0.4, -0.2) is 43.2 Å². The minimum Gasteiger partial charge on any atom is -0.355 e. The van der Waals surface area contributed by atoms with Gasteiger partial charge in [-0.2, -0.15) is 4.31 Å². The van der Waals surface area contributed by atoms with Crippen molar-refractivity contribution in [2.24, 2.45) is 5.92 Å². The van der Waals surface area contributed by atoms with Crippen LogP contribution >= 0.6 is 0 Å². The van der Waals surface area contributed by atoms with Gasteiger partial charge in [0.2, 0.25) is 15.9 Å². The highest BCUT2D eigenvalue weighted by molar-refractivity contribution is 7.89. The summed E-state index contributed by atoms with van der Waals surface area (Å²) in [6.07, 6.45) is 3.58. The molecular weight excluding hydrogens is 369 g/mol. The van der Waals surface area contributed by atoms with E-state index in [-0.39, 0.29) is 17.3 Å². The highest BCUT2D eigenvalue weighted by Gasteiger charge is 2.33. The molecule has 0 saturated carbocycles. The number of hydrogen-bond donors (Lipinski definition) is 1. The standard InChI is InChI=1S/C19H22FN3O3S/c20-16-6-8-18(9-7-16)27(25,26)23-13-3-4-15(14-23)19(24)22-12-10-17-5-1-2-11-21-17/h1-2,5-9,11,15H,3-4,10,12-14H2,(H,22,24). The van der Waals surface area contributed by atoms with Crippen molar-refractivity contribution < 1.29 is 17.6 Å². The van der Waals surface area contributed by atoms with E-state index in [1.54, 1.807) is 6.20 Å². The Morgan fingerprint density at radius 1 is 1.22 bits per heavy atom. The second kappa shape index (κ2) is 8.58. The summed E-state index contributed by atoms with van der Waals surface area (Å²) in [5.74, 6) is -1.03. The first-order chi connectivity index (χ1) is 13.0. The van der Waals surface area contributed by atoms with Gasteiger partial charge in [0.15, 0.2) is 0 Å². The monoisotopic (exact) mass is 391 g/mol. The van der Waals surface area contributed by atoms with Gasteiger partial charge in [-0.15, -0.1) is 0 Å². The van der Waals surface area contributed by atoms with Gasteiger partial charge in [0, 0.05) is 37.9 Å². The van der Waals surface area contributed by atoms with E-state index in [9.17, 15) is 17.6 Å². The summed E-state index contributed by atoms with van der Waals surface area (Å²) in [6.45, 7) is 0.948. The molecule has 6 nitrogen and oxygen atoms in total. The van der Waals surface area contributed by atoms with Gasteiger partial charge in [-0.05, 0) is 49.2 Å². The van der Waals surface area contributed by atoms with Crippen LogP contribution < -0.4 is 5.32 Å². The first-order valence-corrected chi connectivity index (χ1v) is 10.3. The quantitative estimate of drug-likeness (QED) is 0.817. The number of piperidine rings is 1. The molecule has 1 atom stereocenters. The molecule has 1 aromatic heterocycles. The van der Waals surface area contributed by atoms with E-state index in [0.29, 0.717) is 32.4 Å². The summed E-state index contributed by atoms with van der Waals surface area (Å²) in [4.78, 5) is 16.7. The Balaban J connectivity index is 1.58. The Kier molecular flexibility index (Phi) is 6.18. The zero-order chi connectivity index (χ0) is 19.3. The van der Waals surface area contributed by atoms with Crippen LogP contribution in [0, 0.1) is 11.7 Å². The van der Waals surface area contributed by atoms with Crippen molar-refractivity contribution in [3.63, 3.8) is 0 Å². The maximum atomic E-state index is 13.1. The van der Waals surface area contributed by atoms with Gasteiger partial charge in [0.05, 0.1) is 10.8 Å². The first-order valence-electron chi connectivity index (χ1n) is 8.90. The Morgan fingerprint density at radius 3 is 2.70 bits per heavy atom. The predicted octanol–water partition coefficient (Wildman–Crippen LogP) is 1.98. The minimum absolute atomic E-state index is 0.0418. The number of aromatic nitrogens is 1. The normalized spacial score (nSPS) is 18.2. The van der Waals surface area contributed by atoms with E-state index in [1.165, 1.54) is 16.4 Å². The van der Waals surface area contributed by atoms with Crippen molar-refractivity contribution in [1.29, 1.82) is 0 Å². The van der Waals surface area contributed by atoms with Gasteiger partial charge < -0.3 is 5.32 Å². The topological polar surface area (TPSA) is 79.4 Å². The van der Waals surface area contributed by atoms with Gasteiger partial charge in [-0.3, -0.25) is 9.78 Å². The van der Waals surface area contributed by atoms with Crippen molar-refractivity contribution in [1.82, 2.24) is 14.6 Å². The smallest absolute Gasteiger partial charge is 0.243 e. The third-order valence-electron chi connectivity index (χ3n) is 4.61. The average Bonchev–Trinajstić information content (AvgIpc) is 2.69. The molecule has 8 heteroatoms. The fourth-order valence-electron chi connectivity index (χ4n) is 3.13. The number of nitrogens with one attached hydrogen (secondary N) is 1. The first kappa shape index (κ1) is 19.4. The van der Waals surface area contributed by atoms with Crippen molar-refractivity contribution in [2.45, 2.75) is 24.2 Å². The molecule has 27 heavy (non-hydrogen) atoms. The second-order valence-corrected chi connectivity index (χ2v) is 8.46. The van der Waals surface area contributed by atoms with Crippen molar-refractivity contribution in [3.8, 4) is 0 Å². The van der Waals surface area contributed by atoms with Crippen LogP contribution in [0.25, 0.3) is 0 Å². The lowest BCUT2D eigenvalue weighted by Gasteiger charge is -2.31. The summed E-state index contributed by atoms with van der Waals surface area (Å²) in [7, 11) is -3.73. The molecule has 2 aromatic rings. The van der Waals surface area contributed by atoms with E-state index in [2.05, 4.69) is 10.3 Å². The molecule has 2 heterocycles. The summed E-state index contributed by atoms with van der Waals surface area (Å²) < 4.78 is 39.8. The van der Waals surface area contributed by atoms with Gasteiger partial charge in [0.1, 0.15) is 5.82 Å². The predicted molar refractivity (Wildman–Crippen MR) is 98.8 cm³/mol. The SMILES string of the molecule is O=C(NCCc1ccccn1)C1CCCN(S(=O)(=O)c2ccc(F)cc2)C1. The molecule has 0 radical (unpaired) electrons. The number of benzene rings is 1. The molecule has 1 aliphatic heterocycles. The summed E-state index contributed by atoms with van der Waals surface area (Å²) in [5, 5.41) is 2.87. The van der Waals surface area contributed by atoms with Crippen LogP contribution in [-0.2, 0) is 21.2 Å². The van der Waals surface area contributed by atoms with Gasteiger partial charge >= 0.3 is 0 Å². The summed E-state index contributed by atoms with van der Waals surface area (Å²) >= 11 is 0. The Bertz CT molecular complexity index is 873. The Morgan fingerprint density at radius 2 is 2.00 bits per heavy atom. The molecule has 1 aliphatic rings.